The van der Waals surface area contributed by atoms with Gasteiger partial charge in [0.25, 0.3) is 0 Å². The number of fused-ring (bicyclic) bond motifs is 4. The third-order valence-corrected chi connectivity index (χ3v) is 8.34. The lowest BCUT2D eigenvalue weighted by atomic mass is 9.67. The Kier molecular flexibility index (Phi) is 5.13. The highest BCUT2D eigenvalue weighted by Crippen LogP contribution is 2.56. The molecule has 0 saturated heterocycles. The van der Waals surface area contributed by atoms with Gasteiger partial charge in [-0.15, -0.1) is 0 Å². The SMILES string of the molecule is Cc1ccc(C2(c3ccc(C)cc3)c3ccccc3-c3ccc(-c4ccc5cc(C)ccc5c4)cc32)cc1. The van der Waals surface area contributed by atoms with E-state index >= 15 is 0 Å². The molecule has 0 spiro atoms. The molecule has 6 aromatic carbocycles. The molecule has 0 radical (unpaired) electrons. The van der Waals surface area contributed by atoms with Gasteiger partial charge in [-0.3, -0.25) is 0 Å². The topological polar surface area (TPSA) is 0 Å². The minimum Gasteiger partial charge on any atom is -0.0619 e. The molecule has 0 aliphatic heterocycles. The highest BCUT2D eigenvalue weighted by molar-refractivity contribution is 5.91. The van der Waals surface area contributed by atoms with Crippen LogP contribution in [0.25, 0.3) is 33.0 Å². The molecule has 6 aromatic rings. The molecule has 0 unspecified atom stereocenters. The molecule has 0 heterocycles. The maximum Gasteiger partial charge on any atom is 0.0713 e. The van der Waals surface area contributed by atoms with Gasteiger partial charge in [-0.05, 0) is 88.2 Å². The van der Waals surface area contributed by atoms with E-state index < -0.39 is 0 Å². The fourth-order valence-electron chi connectivity index (χ4n) is 6.40. The smallest absolute Gasteiger partial charge is 0.0619 e. The van der Waals surface area contributed by atoms with E-state index in [2.05, 4.69) is 148 Å². The van der Waals surface area contributed by atoms with Gasteiger partial charge in [-0.25, -0.2) is 0 Å². The second-order valence-corrected chi connectivity index (χ2v) is 10.9. The molecule has 0 nitrogen and oxygen atoms in total. The zero-order valence-corrected chi connectivity index (χ0v) is 22.1. The Balaban J connectivity index is 1.53. The predicted octanol–water partition coefficient (Wildman–Crippen LogP) is 9.80. The zero-order valence-electron chi connectivity index (χ0n) is 22.1. The lowest BCUT2D eigenvalue weighted by Crippen LogP contribution is -2.28. The van der Waals surface area contributed by atoms with Gasteiger partial charge >= 0.3 is 0 Å². The highest BCUT2D eigenvalue weighted by Gasteiger charge is 2.46. The van der Waals surface area contributed by atoms with Gasteiger partial charge < -0.3 is 0 Å². The van der Waals surface area contributed by atoms with Crippen LogP contribution < -0.4 is 0 Å². The Hall–Kier alpha value is -4.42. The fourth-order valence-corrected chi connectivity index (χ4v) is 6.40. The van der Waals surface area contributed by atoms with Crippen LogP contribution in [0.4, 0.5) is 0 Å². The molecule has 0 saturated carbocycles. The Bertz CT molecular complexity index is 1770. The Morgan fingerprint density at radius 2 is 0.921 bits per heavy atom. The van der Waals surface area contributed by atoms with Crippen molar-refractivity contribution in [1.29, 1.82) is 0 Å². The zero-order chi connectivity index (χ0) is 25.9. The summed E-state index contributed by atoms with van der Waals surface area (Å²) in [4.78, 5) is 0. The Morgan fingerprint density at radius 1 is 0.395 bits per heavy atom. The normalized spacial score (nSPS) is 13.3. The van der Waals surface area contributed by atoms with E-state index in [4.69, 9.17) is 0 Å². The van der Waals surface area contributed by atoms with Gasteiger partial charge in [0.1, 0.15) is 0 Å². The number of aryl methyl sites for hydroxylation is 3. The number of hydrogen-bond donors (Lipinski definition) is 0. The van der Waals surface area contributed by atoms with Crippen LogP contribution in [0.5, 0.6) is 0 Å². The summed E-state index contributed by atoms with van der Waals surface area (Å²) in [6.07, 6.45) is 0. The maximum atomic E-state index is 2.45. The molecule has 0 amide bonds. The van der Waals surface area contributed by atoms with Crippen molar-refractivity contribution >= 4 is 10.8 Å². The minimum absolute atomic E-state index is 0.378. The molecule has 1 aliphatic carbocycles. The van der Waals surface area contributed by atoms with Gasteiger partial charge in [0, 0.05) is 0 Å². The van der Waals surface area contributed by atoms with E-state index in [9.17, 15) is 0 Å². The van der Waals surface area contributed by atoms with Crippen LogP contribution in [0.3, 0.4) is 0 Å². The van der Waals surface area contributed by atoms with Crippen LogP contribution in [0.15, 0.2) is 127 Å². The summed E-state index contributed by atoms with van der Waals surface area (Å²) >= 11 is 0. The van der Waals surface area contributed by atoms with Gasteiger partial charge in [0.2, 0.25) is 0 Å². The molecule has 0 fully saturated rings. The molecule has 0 aromatic heterocycles. The molecule has 0 N–H and O–H groups in total. The van der Waals surface area contributed by atoms with Gasteiger partial charge in [0.15, 0.2) is 0 Å². The number of benzene rings is 6. The van der Waals surface area contributed by atoms with Gasteiger partial charge in [0.05, 0.1) is 5.41 Å². The van der Waals surface area contributed by atoms with E-state index in [0.29, 0.717) is 0 Å². The average molecular weight is 487 g/mol. The van der Waals surface area contributed by atoms with Crippen LogP contribution >= 0.6 is 0 Å². The van der Waals surface area contributed by atoms with Crippen LogP contribution in [-0.2, 0) is 5.41 Å². The van der Waals surface area contributed by atoms with E-state index in [1.807, 2.05) is 0 Å². The van der Waals surface area contributed by atoms with Crippen molar-refractivity contribution in [2.24, 2.45) is 0 Å². The Morgan fingerprint density at radius 3 is 1.63 bits per heavy atom. The molecule has 0 bridgehead atoms. The molecule has 0 heteroatoms. The fraction of sp³-hybridized carbons (Fsp3) is 0.105. The summed E-state index contributed by atoms with van der Waals surface area (Å²) in [6.45, 7) is 6.48. The first-order chi connectivity index (χ1) is 18.5. The molecule has 1 aliphatic rings. The summed E-state index contributed by atoms with van der Waals surface area (Å²) < 4.78 is 0. The van der Waals surface area contributed by atoms with Crippen LogP contribution in [0.1, 0.15) is 38.9 Å². The lowest BCUT2D eigenvalue weighted by Gasteiger charge is -2.34. The van der Waals surface area contributed by atoms with Crippen LogP contribution in [-0.4, -0.2) is 0 Å². The van der Waals surface area contributed by atoms with E-state index in [1.54, 1.807) is 0 Å². The second-order valence-electron chi connectivity index (χ2n) is 10.9. The van der Waals surface area contributed by atoms with Gasteiger partial charge in [-0.1, -0.05) is 132 Å². The summed E-state index contributed by atoms with van der Waals surface area (Å²) in [7, 11) is 0. The maximum absolute atomic E-state index is 2.45. The number of hydrogen-bond acceptors (Lipinski definition) is 0. The largest absolute Gasteiger partial charge is 0.0713 e. The van der Waals surface area contributed by atoms with Crippen LogP contribution in [0, 0.1) is 20.8 Å². The standard InChI is InChI=1S/C38H30/c1-25-9-17-32(18-10-25)38(33-19-11-26(2)12-20-33)36-7-5-4-6-34(36)35-21-16-31(24-37(35)38)30-15-14-28-22-27(3)8-13-29(28)23-30/h4-24H,1-3H3. The molecular weight excluding hydrogens is 456 g/mol. The van der Waals surface area contributed by atoms with Crippen molar-refractivity contribution in [1.82, 2.24) is 0 Å². The van der Waals surface area contributed by atoms with E-state index in [0.717, 1.165) is 0 Å². The first-order valence-corrected chi connectivity index (χ1v) is 13.4. The van der Waals surface area contributed by atoms with E-state index in [1.165, 1.54) is 72.0 Å². The molecule has 182 valence electrons. The second kappa shape index (κ2) is 8.57. The van der Waals surface area contributed by atoms with Crippen LogP contribution in [0.2, 0.25) is 0 Å². The molecule has 7 rings (SSSR count). The van der Waals surface area contributed by atoms with Gasteiger partial charge in [-0.2, -0.15) is 0 Å². The summed E-state index contributed by atoms with van der Waals surface area (Å²) in [6, 6.07) is 47.9. The quantitative estimate of drug-likeness (QED) is 0.233. The van der Waals surface area contributed by atoms with Crippen molar-refractivity contribution < 1.29 is 0 Å². The lowest BCUT2D eigenvalue weighted by molar-refractivity contribution is 0.768. The number of rotatable bonds is 3. The summed E-state index contributed by atoms with van der Waals surface area (Å²) in [5, 5.41) is 2.57. The third kappa shape index (κ3) is 3.37. The summed E-state index contributed by atoms with van der Waals surface area (Å²) in [5.74, 6) is 0. The molecule has 38 heavy (non-hydrogen) atoms. The first kappa shape index (κ1) is 22.8. The highest BCUT2D eigenvalue weighted by atomic mass is 14.5. The van der Waals surface area contributed by atoms with Crippen molar-refractivity contribution in [3.8, 4) is 22.3 Å². The van der Waals surface area contributed by atoms with Crippen molar-refractivity contribution in [2.45, 2.75) is 26.2 Å². The third-order valence-electron chi connectivity index (χ3n) is 8.34. The first-order valence-electron chi connectivity index (χ1n) is 13.4. The molecular formula is C38H30. The summed E-state index contributed by atoms with van der Waals surface area (Å²) in [5.41, 5.74) is 13.9. The Labute approximate surface area is 225 Å². The molecule has 0 atom stereocenters. The van der Waals surface area contributed by atoms with E-state index in [-0.39, 0.29) is 5.41 Å². The monoisotopic (exact) mass is 486 g/mol. The van der Waals surface area contributed by atoms with Crippen molar-refractivity contribution in [3.63, 3.8) is 0 Å². The average Bonchev–Trinajstić information content (AvgIpc) is 3.24. The minimum atomic E-state index is -0.378. The predicted molar refractivity (Wildman–Crippen MR) is 161 cm³/mol. The van der Waals surface area contributed by atoms with Crippen molar-refractivity contribution in [3.05, 3.63) is 166 Å². The van der Waals surface area contributed by atoms with Crippen molar-refractivity contribution in [2.75, 3.05) is 0 Å².